The van der Waals surface area contributed by atoms with Crippen molar-refractivity contribution in [2.45, 2.75) is 19.3 Å². The van der Waals surface area contributed by atoms with E-state index in [-0.39, 0.29) is 0 Å². The third-order valence-corrected chi connectivity index (χ3v) is 2.66. The van der Waals surface area contributed by atoms with Crippen LogP contribution < -0.4 is 4.74 Å². The Morgan fingerprint density at radius 2 is 1.87 bits per heavy atom. The quantitative estimate of drug-likeness (QED) is 0.705. The minimum atomic E-state index is 0.914. The van der Waals surface area contributed by atoms with Crippen molar-refractivity contribution in [3.05, 3.63) is 48.1 Å². The van der Waals surface area contributed by atoms with Gasteiger partial charge in [-0.15, -0.1) is 0 Å². The highest BCUT2D eigenvalue weighted by Gasteiger charge is 2.00. The van der Waals surface area contributed by atoms with Crippen molar-refractivity contribution in [2.75, 3.05) is 7.11 Å². The standard InChI is InChI=1S/C14H16O/c1-15-14-10-8-13(9-11-14)12-6-4-2-3-5-7-12/h4,6-11H,2-3,5H2,1H3. The molecule has 0 radical (unpaired) electrons. The van der Waals surface area contributed by atoms with Crippen LogP contribution in [0, 0.1) is 0 Å². The van der Waals surface area contributed by atoms with E-state index in [1.54, 1.807) is 7.11 Å². The van der Waals surface area contributed by atoms with Crippen LogP contribution in [0.25, 0.3) is 5.57 Å². The average molecular weight is 200 g/mol. The number of methoxy groups -OCH3 is 1. The van der Waals surface area contributed by atoms with Crippen LogP contribution in [0.1, 0.15) is 24.8 Å². The zero-order chi connectivity index (χ0) is 10.5. The van der Waals surface area contributed by atoms with E-state index in [1.807, 2.05) is 12.1 Å². The summed E-state index contributed by atoms with van der Waals surface area (Å²) in [7, 11) is 1.69. The summed E-state index contributed by atoms with van der Waals surface area (Å²) < 4.78 is 5.14. The summed E-state index contributed by atoms with van der Waals surface area (Å²) in [6.07, 6.45) is 10.4. The van der Waals surface area contributed by atoms with Gasteiger partial charge in [-0.05, 0) is 42.5 Å². The van der Waals surface area contributed by atoms with Crippen molar-refractivity contribution < 1.29 is 4.74 Å². The third kappa shape index (κ3) is 2.50. The minimum absolute atomic E-state index is 0.914. The molecule has 0 spiro atoms. The molecule has 1 aromatic carbocycles. The van der Waals surface area contributed by atoms with Crippen molar-refractivity contribution in [3.8, 4) is 5.75 Å². The molecule has 0 N–H and O–H groups in total. The van der Waals surface area contributed by atoms with E-state index >= 15 is 0 Å². The van der Waals surface area contributed by atoms with E-state index in [4.69, 9.17) is 4.74 Å². The van der Waals surface area contributed by atoms with Gasteiger partial charge in [0.1, 0.15) is 5.75 Å². The molecule has 1 nitrogen and oxygen atoms in total. The summed E-state index contributed by atoms with van der Waals surface area (Å²) in [4.78, 5) is 0. The van der Waals surface area contributed by atoms with Crippen LogP contribution in [0.3, 0.4) is 0 Å². The molecule has 0 aromatic heterocycles. The topological polar surface area (TPSA) is 9.23 Å². The van der Waals surface area contributed by atoms with Gasteiger partial charge in [-0.1, -0.05) is 30.4 Å². The number of allylic oxidation sites excluding steroid dienone is 4. The lowest BCUT2D eigenvalue weighted by atomic mass is 10.1. The molecule has 0 unspecified atom stereocenters. The zero-order valence-electron chi connectivity index (χ0n) is 9.07. The molecule has 78 valence electrons. The smallest absolute Gasteiger partial charge is 0.118 e. The molecule has 0 fully saturated rings. The van der Waals surface area contributed by atoms with Gasteiger partial charge in [0.05, 0.1) is 7.11 Å². The van der Waals surface area contributed by atoms with Crippen molar-refractivity contribution in [2.24, 2.45) is 0 Å². The van der Waals surface area contributed by atoms with Crippen LogP contribution in [-0.2, 0) is 0 Å². The normalized spacial score (nSPS) is 15.7. The molecular weight excluding hydrogens is 184 g/mol. The third-order valence-electron chi connectivity index (χ3n) is 2.66. The molecule has 0 atom stereocenters. The van der Waals surface area contributed by atoms with Gasteiger partial charge in [0.25, 0.3) is 0 Å². The number of rotatable bonds is 2. The summed E-state index contributed by atoms with van der Waals surface area (Å²) in [6.45, 7) is 0. The number of hydrogen-bond donors (Lipinski definition) is 0. The van der Waals surface area contributed by atoms with Crippen LogP contribution in [-0.4, -0.2) is 7.11 Å². The first-order valence-electron chi connectivity index (χ1n) is 5.41. The zero-order valence-corrected chi connectivity index (χ0v) is 9.07. The molecule has 1 aliphatic carbocycles. The lowest BCUT2D eigenvalue weighted by Crippen LogP contribution is -1.84. The first kappa shape index (κ1) is 10.0. The molecule has 0 aliphatic heterocycles. The summed E-state index contributed by atoms with van der Waals surface area (Å²) in [5.41, 5.74) is 2.60. The fourth-order valence-electron chi connectivity index (χ4n) is 1.77. The van der Waals surface area contributed by atoms with Crippen molar-refractivity contribution in [3.63, 3.8) is 0 Å². The molecule has 0 saturated heterocycles. The van der Waals surface area contributed by atoms with E-state index in [0.29, 0.717) is 0 Å². The number of benzene rings is 1. The summed E-state index contributed by atoms with van der Waals surface area (Å²) >= 11 is 0. The highest BCUT2D eigenvalue weighted by Crippen LogP contribution is 2.22. The molecule has 0 amide bonds. The average Bonchev–Trinajstić information content (AvgIpc) is 2.58. The van der Waals surface area contributed by atoms with Crippen LogP contribution in [0.15, 0.2) is 42.5 Å². The van der Waals surface area contributed by atoms with Gasteiger partial charge in [-0.2, -0.15) is 0 Å². The molecule has 0 heterocycles. The van der Waals surface area contributed by atoms with Gasteiger partial charge in [-0.25, -0.2) is 0 Å². The van der Waals surface area contributed by atoms with Crippen LogP contribution in [0.4, 0.5) is 0 Å². The highest BCUT2D eigenvalue weighted by atomic mass is 16.5. The molecule has 2 rings (SSSR count). The van der Waals surface area contributed by atoms with Gasteiger partial charge in [0.15, 0.2) is 0 Å². The number of ether oxygens (including phenoxy) is 1. The van der Waals surface area contributed by atoms with E-state index < -0.39 is 0 Å². The second-order valence-electron chi connectivity index (χ2n) is 3.72. The molecular formula is C14H16O. The predicted molar refractivity (Wildman–Crippen MR) is 64.0 cm³/mol. The molecule has 0 saturated carbocycles. The second-order valence-corrected chi connectivity index (χ2v) is 3.72. The van der Waals surface area contributed by atoms with Crippen molar-refractivity contribution >= 4 is 5.57 Å². The van der Waals surface area contributed by atoms with Crippen molar-refractivity contribution in [1.29, 1.82) is 0 Å². The van der Waals surface area contributed by atoms with E-state index in [1.165, 1.54) is 30.4 Å². The van der Waals surface area contributed by atoms with Gasteiger partial charge in [-0.3, -0.25) is 0 Å². The van der Waals surface area contributed by atoms with Crippen LogP contribution in [0.2, 0.25) is 0 Å². The van der Waals surface area contributed by atoms with Gasteiger partial charge < -0.3 is 4.74 Å². The molecule has 15 heavy (non-hydrogen) atoms. The SMILES string of the molecule is COc1ccc(C2=CCCCC=C2)cc1. The lowest BCUT2D eigenvalue weighted by Gasteiger charge is -2.03. The Bertz CT molecular complexity index is 371. The molecule has 1 aromatic rings. The van der Waals surface area contributed by atoms with Gasteiger partial charge in [0.2, 0.25) is 0 Å². The maximum atomic E-state index is 5.14. The molecule has 1 aliphatic rings. The Hall–Kier alpha value is -1.50. The summed E-state index contributed by atoms with van der Waals surface area (Å²) in [5.74, 6) is 0.914. The first-order chi connectivity index (χ1) is 7.40. The fourth-order valence-corrected chi connectivity index (χ4v) is 1.77. The van der Waals surface area contributed by atoms with E-state index in [0.717, 1.165) is 5.75 Å². The monoisotopic (exact) mass is 200 g/mol. The van der Waals surface area contributed by atoms with E-state index in [2.05, 4.69) is 30.4 Å². The molecule has 1 heteroatoms. The Morgan fingerprint density at radius 1 is 1.07 bits per heavy atom. The maximum Gasteiger partial charge on any atom is 0.118 e. The lowest BCUT2D eigenvalue weighted by molar-refractivity contribution is 0.415. The number of hydrogen-bond acceptors (Lipinski definition) is 1. The maximum absolute atomic E-state index is 5.14. The van der Waals surface area contributed by atoms with Gasteiger partial charge >= 0.3 is 0 Å². The largest absolute Gasteiger partial charge is 0.497 e. The molecule has 0 bridgehead atoms. The Morgan fingerprint density at radius 3 is 2.60 bits per heavy atom. The summed E-state index contributed by atoms with van der Waals surface area (Å²) in [6, 6.07) is 8.24. The highest BCUT2D eigenvalue weighted by molar-refractivity contribution is 5.74. The fraction of sp³-hybridized carbons (Fsp3) is 0.286. The summed E-state index contributed by atoms with van der Waals surface area (Å²) in [5, 5.41) is 0. The Kier molecular flexibility index (Phi) is 3.23. The predicted octanol–water partition coefficient (Wildman–Crippen LogP) is 3.82. The second kappa shape index (κ2) is 4.83. The van der Waals surface area contributed by atoms with E-state index in [9.17, 15) is 0 Å². The van der Waals surface area contributed by atoms with Crippen LogP contribution in [0.5, 0.6) is 5.75 Å². The minimum Gasteiger partial charge on any atom is -0.497 e. The Labute approximate surface area is 91.1 Å². The van der Waals surface area contributed by atoms with Crippen LogP contribution >= 0.6 is 0 Å². The first-order valence-corrected chi connectivity index (χ1v) is 5.41. The van der Waals surface area contributed by atoms with Crippen molar-refractivity contribution in [1.82, 2.24) is 0 Å². The van der Waals surface area contributed by atoms with Gasteiger partial charge in [0, 0.05) is 0 Å². The Balaban J connectivity index is 2.24.